The van der Waals surface area contributed by atoms with E-state index in [-0.39, 0.29) is 6.79 Å². The molecular formula is C15H11N3O2. The molecule has 2 aromatic carbocycles. The molecule has 0 unspecified atom stereocenters. The number of hydrogen-bond donors (Lipinski definition) is 1. The van der Waals surface area contributed by atoms with Crippen LogP contribution < -0.4 is 14.8 Å². The number of nitrogens with one attached hydrogen (secondary N) is 1. The number of para-hydroxylation sites is 1. The Labute approximate surface area is 115 Å². The third-order valence-electron chi connectivity index (χ3n) is 3.18. The molecule has 3 aromatic rings. The quantitative estimate of drug-likeness (QED) is 0.771. The van der Waals surface area contributed by atoms with Gasteiger partial charge in [0.25, 0.3) is 0 Å². The second-order valence-electron chi connectivity index (χ2n) is 4.43. The topological polar surface area (TPSA) is 56.3 Å². The second-order valence-corrected chi connectivity index (χ2v) is 4.43. The molecule has 5 nitrogen and oxygen atoms in total. The number of fused-ring (bicyclic) bond motifs is 2. The van der Waals surface area contributed by atoms with Crippen molar-refractivity contribution in [1.29, 1.82) is 0 Å². The van der Waals surface area contributed by atoms with Gasteiger partial charge in [0.05, 0.1) is 5.52 Å². The highest BCUT2D eigenvalue weighted by Crippen LogP contribution is 2.35. The highest BCUT2D eigenvalue weighted by Gasteiger charge is 2.13. The number of nitrogens with zero attached hydrogens (tertiary/aromatic N) is 2. The molecule has 1 N–H and O–H groups in total. The van der Waals surface area contributed by atoms with Gasteiger partial charge < -0.3 is 14.8 Å². The number of ether oxygens (including phenoxy) is 2. The Morgan fingerprint density at radius 2 is 1.85 bits per heavy atom. The third kappa shape index (κ3) is 1.80. The Morgan fingerprint density at radius 3 is 2.85 bits per heavy atom. The van der Waals surface area contributed by atoms with Crippen molar-refractivity contribution in [3.8, 4) is 11.5 Å². The van der Waals surface area contributed by atoms with Crippen molar-refractivity contribution in [1.82, 2.24) is 9.97 Å². The van der Waals surface area contributed by atoms with E-state index in [1.165, 1.54) is 0 Å². The van der Waals surface area contributed by atoms with Gasteiger partial charge in [-0.05, 0) is 24.3 Å². The standard InChI is InChI=1S/C15H11N3O2/c1-2-4-12-11(3-1)15(17-8-16-12)18-10-5-6-13-14(7-10)20-9-19-13/h1-8H,9H2,(H,16,17,18). The van der Waals surface area contributed by atoms with Crippen LogP contribution >= 0.6 is 0 Å². The maximum atomic E-state index is 5.37. The van der Waals surface area contributed by atoms with Crippen molar-refractivity contribution in [2.75, 3.05) is 12.1 Å². The van der Waals surface area contributed by atoms with E-state index in [1.807, 2.05) is 42.5 Å². The lowest BCUT2D eigenvalue weighted by Gasteiger charge is -2.08. The molecule has 0 saturated heterocycles. The zero-order chi connectivity index (χ0) is 13.4. The number of anilines is 2. The van der Waals surface area contributed by atoms with Gasteiger partial charge in [-0.15, -0.1) is 0 Å². The van der Waals surface area contributed by atoms with E-state index in [2.05, 4.69) is 15.3 Å². The average molecular weight is 265 g/mol. The van der Waals surface area contributed by atoms with E-state index < -0.39 is 0 Å². The van der Waals surface area contributed by atoms with Gasteiger partial charge in [0.1, 0.15) is 12.1 Å². The SMILES string of the molecule is c1ccc2c(Nc3ccc4c(c3)OCO4)ncnc2c1. The van der Waals surface area contributed by atoms with Crippen LogP contribution in [0.25, 0.3) is 10.9 Å². The van der Waals surface area contributed by atoms with E-state index in [9.17, 15) is 0 Å². The summed E-state index contributed by atoms with van der Waals surface area (Å²) < 4.78 is 10.7. The van der Waals surface area contributed by atoms with Crippen LogP contribution in [-0.4, -0.2) is 16.8 Å². The van der Waals surface area contributed by atoms with E-state index in [4.69, 9.17) is 9.47 Å². The number of rotatable bonds is 2. The van der Waals surface area contributed by atoms with E-state index in [0.717, 1.165) is 33.9 Å². The lowest BCUT2D eigenvalue weighted by Crippen LogP contribution is -1.95. The Morgan fingerprint density at radius 1 is 0.950 bits per heavy atom. The van der Waals surface area contributed by atoms with Crippen molar-refractivity contribution in [2.24, 2.45) is 0 Å². The highest BCUT2D eigenvalue weighted by molar-refractivity contribution is 5.90. The molecule has 0 aliphatic carbocycles. The molecule has 5 heteroatoms. The third-order valence-corrected chi connectivity index (χ3v) is 3.18. The predicted octanol–water partition coefficient (Wildman–Crippen LogP) is 3.10. The summed E-state index contributed by atoms with van der Waals surface area (Å²) >= 11 is 0. The van der Waals surface area contributed by atoms with Crippen LogP contribution in [0.1, 0.15) is 0 Å². The maximum Gasteiger partial charge on any atom is 0.231 e. The molecule has 0 saturated carbocycles. The van der Waals surface area contributed by atoms with Crippen molar-refractivity contribution in [3.63, 3.8) is 0 Å². The minimum absolute atomic E-state index is 0.273. The van der Waals surface area contributed by atoms with E-state index in [0.29, 0.717) is 0 Å². The summed E-state index contributed by atoms with van der Waals surface area (Å²) in [5.41, 5.74) is 1.81. The summed E-state index contributed by atoms with van der Waals surface area (Å²) in [5.74, 6) is 2.28. The van der Waals surface area contributed by atoms with Gasteiger partial charge in [-0.1, -0.05) is 12.1 Å². The van der Waals surface area contributed by atoms with Crippen LogP contribution in [-0.2, 0) is 0 Å². The van der Waals surface area contributed by atoms with Crippen molar-refractivity contribution < 1.29 is 9.47 Å². The van der Waals surface area contributed by atoms with Gasteiger partial charge in [0, 0.05) is 17.1 Å². The second kappa shape index (κ2) is 4.38. The first kappa shape index (κ1) is 11.0. The van der Waals surface area contributed by atoms with Crippen molar-refractivity contribution in [2.45, 2.75) is 0 Å². The first-order valence-corrected chi connectivity index (χ1v) is 6.26. The molecule has 0 atom stereocenters. The number of benzene rings is 2. The lowest BCUT2D eigenvalue weighted by molar-refractivity contribution is 0.174. The Bertz CT molecular complexity index is 784. The fourth-order valence-corrected chi connectivity index (χ4v) is 2.22. The van der Waals surface area contributed by atoms with Gasteiger partial charge in [-0.2, -0.15) is 0 Å². The van der Waals surface area contributed by atoms with Crippen LogP contribution in [0.3, 0.4) is 0 Å². The molecule has 0 spiro atoms. The Balaban J connectivity index is 1.74. The highest BCUT2D eigenvalue weighted by atomic mass is 16.7. The first-order chi connectivity index (χ1) is 9.90. The Kier molecular flexibility index (Phi) is 2.42. The summed E-state index contributed by atoms with van der Waals surface area (Å²) in [5, 5.41) is 4.27. The Hall–Kier alpha value is -2.82. The van der Waals surface area contributed by atoms with Crippen LogP contribution in [0.15, 0.2) is 48.8 Å². The first-order valence-electron chi connectivity index (χ1n) is 6.26. The van der Waals surface area contributed by atoms with Crippen molar-refractivity contribution in [3.05, 3.63) is 48.8 Å². The molecule has 20 heavy (non-hydrogen) atoms. The summed E-state index contributed by atoms with van der Waals surface area (Å²) in [7, 11) is 0. The smallest absolute Gasteiger partial charge is 0.231 e. The predicted molar refractivity (Wildman–Crippen MR) is 75.4 cm³/mol. The molecule has 1 aliphatic rings. The summed E-state index contributed by atoms with van der Waals surface area (Å²) in [6, 6.07) is 13.6. The summed E-state index contributed by atoms with van der Waals surface area (Å²) in [6.45, 7) is 0.273. The molecular weight excluding hydrogens is 254 g/mol. The molecule has 0 amide bonds. The van der Waals surface area contributed by atoms with Gasteiger partial charge in [-0.3, -0.25) is 0 Å². The maximum absolute atomic E-state index is 5.37. The fourth-order valence-electron chi connectivity index (χ4n) is 2.22. The molecule has 1 aliphatic heterocycles. The van der Waals surface area contributed by atoms with Crippen LogP contribution in [0, 0.1) is 0 Å². The number of aromatic nitrogens is 2. The normalized spacial score (nSPS) is 12.6. The van der Waals surface area contributed by atoms with Crippen LogP contribution in [0.2, 0.25) is 0 Å². The zero-order valence-corrected chi connectivity index (χ0v) is 10.5. The molecule has 0 fully saturated rings. The minimum atomic E-state index is 0.273. The van der Waals surface area contributed by atoms with Gasteiger partial charge >= 0.3 is 0 Å². The van der Waals surface area contributed by atoms with Crippen LogP contribution in [0.5, 0.6) is 11.5 Å². The van der Waals surface area contributed by atoms with Gasteiger partial charge in [-0.25, -0.2) is 9.97 Å². The molecule has 0 radical (unpaired) electrons. The number of hydrogen-bond acceptors (Lipinski definition) is 5. The summed E-state index contributed by atoms with van der Waals surface area (Å²) in [4.78, 5) is 8.55. The molecule has 2 heterocycles. The molecule has 0 bridgehead atoms. The van der Waals surface area contributed by atoms with Gasteiger partial charge in [0.2, 0.25) is 6.79 Å². The lowest BCUT2D eigenvalue weighted by atomic mass is 10.2. The molecule has 4 rings (SSSR count). The van der Waals surface area contributed by atoms with Crippen LogP contribution in [0.4, 0.5) is 11.5 Å². The van der Waals surface area contributed by atoms with Crippen molar-refractivity contribution >= 4 is 22.4 Å². The van der Waals surface area contributed by atoms with E-state index >= 15 is 0 Å². The largest absolute Gasteiger partial charge is 0.454 e. The zero-order valence-electron chi connectivity index (χ0n) is 10.5. The van der Waals surface area contributed by atoms with E-state index in [1.54, 1.807) is 6.33 Å². The summed E-state index contributed by atoms with van der Waals surface area (Å²) in [6.07, 6.45) is 1.55. The molecule has 1 aromatic heterocycles. The average Bonchev–Trinajstić information content (AvgIpc) is 2.95. The fraction of sp³-hybridized carbons (Fsp3) is 0.0667. The molecule has 98 valence electrons. The minimum Gasteiger partial charge on any atom is -0.454 e. The van der Waals surface area contributed by atoms with Gasteiger partial charge in [0.15, 0.2) is 11.5 Å². The monoisotopic (exact) mass is 265 g/mol.